The molecular weight excluding hydrogens is 391 g/mol. The largest absolute Gasteiger partial charge is 0.322 e. The fraction of sp³-hybridized carbons (Fsp3) is 0.0833. The van der Waals surface area contributed by atoms with Gasteiger partial charge in [-0.1, -0.05) is 58.0 Å². The molecule has 22 heavy (non-hydrogen) atoms. The Morgan fingerprint density at radius 2 is 1.59 bits per heavy atom. The molecule has 0 fully saturated rings. The zero-order valence-electron chi connectivity index (χ0n) is 10.8. The summed E-state index contributed by atoms with van der Waals surface area (Å²) in [6, 6.07) is 1.64. The molecule has 114 valence electrons. The van der Waals surface area contributed by atoms with E-state index in [0.717, 1.165) is 0 Å². The monoisotopic (exact) mass is 395 g/mol. The summed E-state index contributed by atoms with van der Waals surface area (Å²) in [4.78, 5) is 15.5. The van der Waals surface area contributed by atoms with Crippen molar-refractivity contribution in [1.82, 2.24) is 19.9 Å². The number of aromatic nitrogens is 4. The minimum atomic E-state index is 0.147. The second kappa shape index (κ2) is 5.91. The van der Waals surface area contributed by atoms with Gasteiger partial charge in [0.2, 0.25) is 11.9 Å². The first-order chi connectivity index (χ1) is 10.4. The summed E-state index contributed by atoms with van der Waals surface area (Å²) in [5.41, 5.74) is 1.56. The van der Waals surface area contributed by atoms with Crippen LogP contribution in [0.1, 0.15) is 5.69 Å². The second-order valence-electron chi connectivity index (χ2n) is 4.35. The van der Waals surface area contributed by atoms with Crippen molar-refractivity contribution in [1.29, 1.82) is 0 Å². The number of hydrogen-bond donors (Lipinski definition) is 2. The van der Waals surface area contributed by atoms with Crippen LogP contribution < -0.4 is 5.32 Å². The molecule has 3 rings (SSSR count). The molecule has 0 aliphatic rings. The van der Waals surface area contributed by atoms with Crippen LogP contribution >= 0.6 is 58.0 Å². The van der Waals surface area contributed by atoms with Crippen LogP contribution in [0.25, 0.3) is 11.0 Å². The van der Waals surface area contributed by atoms with Gasteiger partial charge in [-0.3, -0.25) is 5.32 Å². The van der Waals surface area contributed by atoms with Crippen molar-refractivity contribution in [2.45, 2.75) is 6.92 Å². The highest BCUT2D eigenvalue weighted by atomic mass is 35.5. The zero-order chi connectivity index (χ0) is 16.0. The first-order valence-electron chi connectivity index (χ1n) is 5.86. The van der Waals surface area contributed by atoms with Crippen LogP contribution in [-0.4, -0.2) is 19.9 Å². The van der Waals surface area contributed by atoms with Gasteiger partial charge in [0.15, 0.2) is 0 Å². The van der Waals surface area contributed by atoms with Crippen molar-refractivity contribution < 1.29 is 0 Å². The molecule has 0 bridgehead atoms. The van der Waals surface area contributed by atoms with E-state index in [4.69, 9.17) is 58.0 Å². The quantitative estimate of drug-likeness (QED) is 0.332. The van der Waals surface area contributed by atoms with E-state index in [2.05, 4.69) is 25.3 Å². The van der Waals surface area contributed by atoms with E-state index in [9.17, 15) is 0 Å². The summed E-state index contributed by atoms with van der Waals surface area (Å²) in [6.07, 6.45) is 0. The first kappa shape index (κ1) is 15.9. The molecule has 3 aromatic rings. The average molecular weight is 397 g/mol. The van der Waals surface area contributed by atoms with E-state index in [1.807, 2.05) is 0 Å². The van der Waals surface area contributed by atoms with Gasteiger partial charge in [-0.25, -0.2) is 15.0 Å². The molecule has 0 unspecified atom stereocenters. The number of fused-ring (bicyclic) bond motifs is 1. The number of aromatic amines is 1. The topological polar surface area (TPSA) is 66.5 Å². The summed E-state index contributed by atoms with van der Waals surface area (Å²) in [5.74, 6) is 0.618. The van der Waals surface area contributed by atoms with E-state index < -0.39 is 0 Å². The van der Waals surface area contributed by atoms with E-state index in [1.54, 1.807) is 13.0 Å². The highest BCUT2D eigenvalue weighted by molar-refractivity contribution is 6.55. The average Bonchev–Trinajstić information content (AvgIpc) is 2.85. The third kappa shape index (κ3) is 2.79. The third-order valence-electron chi connectivity index (χ3n) is 2.76. The molecule has 5 nitrogen and oxygen atoms in total. The predicted molar refractivity (Wildman–Crippen MR) is 91.2 cm³/mol. The minimum absolute atomic E-state index is 0.147. The molecule has 0 atom stereocenters. The number of nitrogens with one attached hydrogen (secondary N) is 2. The van der Waals surface area contributed by atoms with Crippen LogP contribution in [0.15, 0.2) is 6.07 Å². The van der Waals surface area contributed by atoms with Crippen LogP contribution in [0.3, 0.4) is 0 Å². The molecule has 10 heteroatoms. The van der Waals surface area contributed by atoms with Crippen molar-refractivity contribution in [2.75, 3.05) is 5.32 Å². The molecule has 2 aromatic heterocycles. The Labute approximate surface area is 149 Å². The van der Waals surface area contributed by atoms with Crippen LogP contribution in [0.4, 0.5) is 11.9 Å². The van der Waals surface area contributed by atoms with Gasteiger partial charge in [0.1, 0.15) is 10.7 Å². The van der Waals surface area contributed by atoms with Crippen LogP contribution in [-0.2, 0) is 0 Å². The first-order valence-corrected chi connectivity index (χ1v) is 7.75. The Morgan fingerprint density at radius 3 is 2.27 bits per heavy atom. The molecule has 2 heterocycles. The number of aryl methyl sites for hydroxylation is 1. The molecular formula is C12H6Cl5N5. The van der Waals surface area contributed by atoms with Gasteiger partial charge >= 0.3 is 0 Å². The van der Waals surface area contributed by atoms with Crippen molar-refractivity contribution in [2.24, 2.45) is 0 Å². The maximum absolute atomic E-state index is 6.14. The lowest BCUT2D eigenvalue weighted by molar-refractivity contribution is 1.09. The Morgan fingerprint density at radius 1 is 0.909 bits per heavy atom. The van der Waals surface area contributed by atoms with Gasteiger partial charge in [0, 0.05) is 5.69 Å². The molecule has 0 amide bonds. The van der Waals surface area contributed by atoms with Crippen molar-refractivity contribution >= 4 is 80.9 Å². The van der Waals surface area contributed by atoms with Gasteiger partial charge in [0.05, 0.1) is 25.6 Å². The van der Waals surface area contributed by atoms with Gasteiger partial charge in [0.25, 0.3) is 0 Å². The predicted octanol–water partition coefficient (Wildman–Crippen LogP) is 5.67. The Hall–Kier alpha value is -0.980. The second-order valence-corrected chi connectivity index (χ2v) is 6.24. The lowest BCUT2D eigenvalue weighted by Crippen LogP contribution is -1.99. The number of benzene rings is 1. The van der Waals surface area contributed by atoms with Crippen LogP contribution in [0.5, 0.6) is 0 Å². The van der Waals surface area contributed by atoms with Gasteiger partial charge < -0.3 is 4.98 Å². The lowest BCUT2D eigenvalue weighted by atomic mass is 10.3. The number of nitrogens with zero attached hydrogens (tertiary/aromatic N) is 3. The third-order valence-corrected chi connectivity index (χ3v) is 4.75. The highest BCUT2D eigenvalue weighted by Gasteiger charge is 2.18. The SMILES string of the molecule is Cc1cc(Cl)nc(Nc2nc3c(Cl)c(Cl)c(Cl)c(Cl)c3[nH]2)n1. The van der Waals surface area contributed by atoms with Gasteiger partial charge in [-0.05, 0) is 13.0 Å². The van der Waals surface area contributed by atoms with Gasteiger partial charge in [-0.15, -0.1) is 0 Å². The molecule has 0 saturated carbocycles. The Kier molecular flexibility index (Phi) is 4.27. The van der Waals surface area contributed by atoms with Gasteiger partial charge in [-0.2, -0.15) is 0 Å². The number of halogens is 5. The maximum atomic E-state index is 6.14. The molecule has 1 aromatic carbocycles. The number of rotatable bonds is 2. The van der Waals surface area contributed by atoms with Crippen molar-refractivity contribution in [3.63, 3.8) is 0 Å². The number of H-pyrrole nitrogens is 1. The highest BCUT2D eigenvalue weighted by Crippen LogP contribution is 2.42. The summed E-state index contributed by atoms with van der Waals surface area (Å²) >= 11 is 30.2. The molecule has 0 aliphatic heterocycles. The standard InChI is InChI=1S/C12H6Cl5N5/c1-3-2-4(13)19-11(18-3)22-12-20-9-7(16)5(14)6(15)8(17)10(9)21-12/h2H,1H3,(H2,18,19,20,21,22). The number of hydrogen-bond acceptors (Lipinski definition) is 4. The number of anilines is 2. The van der Waals surface area contributed by atoms with Crippen molar-refractivity contribution in [3.05, 3.63) is 37.0 Å². The fourth-order valence-corrected chi connectivity index (χ4v) is 3.02. The summed E-state index contributed by atoms with van der Waals surface area (Å²) in [7, 11) is 0. The Balaban J connectivity index is 2.09. The van der Waals surface area contributed by atoms with E-state index in [-0.39, 0.29) is 26.0 Å². The summed E-state index contributed by atoms with van der Waals surface area (Å²) in [6.45, 7) is 1.80. The smallest absolute Gasteiger partial charge is 0.231 e. The molecule has 0 spiro atoms. The molecule has 0 aliphatic carbocycles. The van der Waals surface area contributed by atoms with E-state index >= 15 is 0 Å². The molecule has 0 radical (unpaired) electrons. The zero-order valence-corrected chi connectivity index (χ0v) is 14.6. The lowest BCUT2D eigenvalue weighted by Gasteiger charge is -2.02. The molecule has 0 saturated heterocycles. The normalized spacial score (nSPS) is 11.2. The number of imidazole rings is 1. The van der Waals surface area contributed by atoms with Crippen LogP contribution in [0.2, 0.25) is 25.2 Å². The summed E-state index contributed by atoms with van der Waals surface area (Å²) < 4.78 is 0. The fourth-order valence-electron chi connectivity index (χ4n) is 1.85. The van der Waals surface area contributed by atoms with Crippen LogP contribution in [0, 0.1) is 6.92 Å². The molecule has 2 N–H and O–H groups in total. The van der Waals surface area contributed by atoms with E-state index in [0.29, 0.717) is 27.8 Å². The summed E-state index contributed by atoms with van der Waals surface area (Å²) in [5, 5.41) is 3.95. The van der Waals surface area contributed by atoms with E-state index in [1.165, 1.54) is 0 Å². The Bertz CT molecular complexity index is 826. The van der Waals surface area contributed by atoms with Crippen molar-refractivity contribution in [3.8, 4) is 0 Å². The minimum Gasteiger partial charge on any atom is -0.322 e. The maximum Gasteiger partial charge on any atom is 0.231 e.